The van der Waals surface area contributed by atoms with Crippen LogP contribution < -0.4 is 5.32 Å². The van der Waals surface area contributed by atoms with Crippen molar-refractivity contribution >= 4 is 12.1 Å². The topological polar surface area (TPSA) is 67.9 Å². The molecular weight excluding hydrogens is 329 g/mol. The Kier molecular flexibility index (Phi) is 5.33. The molecule has 132 valence electrons. The number of hydrogen-bond acceptors (Lipinski definition) is 5. The van der Waals surface area contributed by atoms with Crippen molar-refractivity contribution in [2.75, 3.05) is 13.7 Å². The Morgan fingerprint density at radius 3 is 2.62 bits per heavy atom. The quantitative estimate of drug-likeness (QED) is 0.834. The highest BCUT2D eigenvalue weighted by molar-refractivity contribution is 5.77. The van der Waals surface area contributed by atoms with Crippen molar-refractivity contribution in [3.05, 3.63) is 34.9 Å². The fourth-order valence-corrected chi connectivity index (χ4v) is 2.40. The molecule has 1 heterocycles. The number of benzene rings is 1. The van der Waals surface area contributed by atoms with Gasteiger partial charge in [-0.3, -0.25) is 0 Å². The molecule has 1 unspecified atom stereocenters. The van der Waals surface area contributed by atoms with E-state index < -0.39 is 24.3 Å². The zero-order valence-electron chi connectivity index (χ0n) is 13.1. The first-order valence-corrected chi connectivity index (χ1v) is 7.22. The zero-order chi connectivity index (χ0) is 17.9. The molecule has 0 radical (unpaired) electrons. The van der Waals surface area contributed by atoms with E-state index in [-0.39, 0.29) is 0 Å². The highest BCUT2D eigenvalue weighted by Gasteiger charge is 2.44. The van der Waals surface area contributed by atoms with E-state index in [4.69, 9.17) is 0 Å². The summed E-state index contributed by atoms with van der Waals surface area (Å²) in [6.07, 6.45) is -5.65. The van der Waals surface area contributed by atoms with Crippen LogP contribution in [0.15, 0.2) is 18.2 Å². The van der Waals surface area contributed by atoms with Crippen LogP contribution in [0, 0.1) is 0 Å². The standard InChI is InChI=1S/C15H17F3N2O4/c1-9(10-3-4-12-8-19-6-5-11(12)7-10)20(14(22)23-2)24-13(21)15(16,17)18/h3-4,7,9,19H,5-6,8H2,1-2H3. The van der Waals surface area contributed by atoms with Crippen LogP contribution in [-0.4, -0.2) is 37.0 Å². The molecule has 0 aromatic heterocycles. The average Bonchev–Trinajstić information content (AvgIpc) is 2.56. The molecule has 0 bridgehead atoms. The van der Waals surface area contributed by atoms with Gasteiger partial charge in [0.2, 0.25) is 0 Å². The molecule has 1 amide bonds. The number of hydrogen-bond donors (Lipinski definition) is 1. The van der Waals surface area contributed by atoms with Crippen molar-refractivity contribution < 1.29 is 32.3 Å². The monoisotopic (exact) mass is 346 g/mol. The summed E-state index contributed by atoms with van der Waals surface area (Å²) in [4.78, 5) is 27.0. The average molecular weight is 346 g/mol. The van der Waals surface area contributed by atoms with Gasteiger partial charge in [-0.05, 0) is 36.6 Å². The molecule has 1 atom stereocenters. The SMILES string of the molecule is COC(=O)N(OC(=O)C(F)(F)F)C(C)c1ccc2c(c1)CCNC2. The van der Waals surface area contributed by atoms with E-state index in [1.54, 1.807) is 12.1 Å². The van der Waals surface area contributed by atoms with Crippen LogP contribution in [0.5, 0.6) is 0 Å². The van der Waals surface area contributed by atoms with Crippen LogP contribution in [-0.2, 0) is 27.3 Å². The number of halogens is 3. The number of carbonyl (C=O) groups excluding carboxylic acids is 2. The minimum absolute atomic E-state index is 0.290. The Bertz CT molecular complexity index is 634. The van der Waals surface area contributed by atoms with Crippen molar-refractivity contribution in [1.29, 1.82) is 0 Å². The predicted molar refractivity (Wildman–Crippen MR) is 76.7 cm³/mol. The lowest BCUT2D eigenvalue weighted by Crippen LogP contribution is -2.40. The Hall–Kier alpha value is -2.29. The largest absolute Gasteiger partial charge is 0.493 e. The lowest BCUT2D eigenvalue weighted by molar-refractivity contribution is -0.236. The Labute approximate surface area is 136 Å². The molecule has 0 saturated carbocycles. The van der Waals surface area contributed by atoms with Gasteiger partial charge in [0.15, 0.2) is 0 Å². The van der Waals surface area contributed by atoms with E-state index in [1.807, 2.05) is 6.07 Å². The lowest BCUT2D eigenvalue weighted by Gasteiger charge is -2.27. The molecule has 24 heavy (non-hydrogen) atoms. The number of fused-ring (bicyclic) bond motifs is 1. The van der Waals surface area contributed by atoms with Crippen molar-refractivity contribution in [2.24, 2.45) is 0 Å². The second-order valence-corrected chi connectivity index (χ2v) is 5.30. The molecule has 6 nitrogen and oxygen atoms in total. The third-order valence-corrected chi connectivity index (χ3v) is 3.72. The summed E-state index contributed by atoms with van der Waals surface area (Å²) in [6.45, 7) is 2.94. The number of nitrogens with zero attached hydrogens (tertiary/aromatic N) is 1. The maximum absolute atomic E-state index is 12.4. The van der Waals surface area contributed by atoms with Gasteiger partial charge in [-0.1, -0.05) is 18.2 Å². The molecule has 1 aromatic rings. The number of alkyl halides is 3. The second kappa shape index (κ2) is 7.08. The predicted octanol–water partition coefficient (Wildman–Crippen LogP) is 2.48. The Morgan fingerprint density at radius 1 is 1.29 bits per heavy atom. The molecule has 9 heteroatoms. The molecule has 2 rings (SSSR count). The van der Waals surface area contributed by atoms with Gasteiger partial charge in [-0.2, -0.15) is 13.2 Å². The third kappa shape index (κ3) is 3.97. The Balaban J connectivity index is 2.25. The molecule has 1 aliphatic rings. The fraction of sp³-hybridized carbons (Fsp3) is 0.467. The van der Waals surface area contributed by atoms with Gasteiger partial charge >= 0.3 is 18.2 Å². The van der Waals surface area contributed by atoms with Gasteiger partial charge in [0.1, 0.15) is 0 Å². The van der Waals surface area contributed by atoms with Crippen LogP contribution in [0.4, 0.5) is 18.0 Å². The first-order chi connectivity index (χ1) is 11.2. The highest BCUT2D eigenvalue weighted by atomic mass is 19.4. The summed E-state index contributed by atoms with van der Waals surface area (Å²) in [5, 5.41) is 3.49. The van der Waals surface area contributed by atoms with E-state index in [9.17, 15) is 22.8 Å². The van der Waals surface area contributed by atoms with Gasteiger partial charge in [0.25, 0.3) is 0 Å². The summed E-state index contributed by atoms with van der Waals surface area (Å²) >= 11 is 0. The molecule has 0 saturated heterocycles. The van der Waals surface area contributed by atoms with Crippen molar-refractivity contribution in [3.63, 3.8) is 0 Å². The third-order valence-electron chi connectivity index (χ3n) is 3.72. The highest BCUT2D eigenvalue weighted by Crippen LogP contribution is 2.27. The van der Waals surface area contributed by atoms with Crippen LogP contribution in [0.2, 0.25) is 0 Å². The molecule has 0 fully saturated rings. The number of hydroxylamine groups is 2. The van der Waals surface area contributed by atoms with E-state index in [0.29, 0.717) is 17.2 Å². The molecule has 0 aliphatic carbocycles. The smallest absolute Gasteiger partial charge is 0.451 e. The molecule has 1 N–H and O–H groups in total. The molecule has 1 aliphatic heterocycles. The van der Waals surface area contributed by atoms with E-state index >= 15 is 0 Å². The minimum atomic E-state index is -5.21. The van der Waals surface area contributed by atoms with Crippen LogP contribution >= 0.6 is 0 Å². The van der Waals surface area contributed by atoms with Gasteiger partial charge in [0, 0.05) is 6.54 Å². The maximum atomic E-state index is 12.4. The summed E-state index contributed by atoms with van der Waals surface area (Å²) < 4.78 is 41.6. The second-order valence-electron chi connectivity index (χ2n) is 5.30. The summed E-state index contributed by atoms with van der Waals surface area (Å²) in [7, 11) is 0.988. The minimum Gasteiger partial charge on any atom is -0.451 e. The molecule has 0 spiro atoms. The Morgan fingerprint density at radius 2 is 2.00 bits per heavy atom. The maximum Gasteiger partial charge on any atom is 0.493 e. The summed E-state index contributed by atoms with van der Waals surface area (Å²) in [5.41, 5.74) is 2.65. The van der Waals surface area contributed by atoms with Crippen LogP contribution in [0.25, 0.3) is 0 Å². The number of rotatable bonds is 2. The van der Waals surface area contributed by atoms with Crippen LogP contribution in [0.3, 0.4) is 0 Å². The van der Waals surface area contributed by atoms with E-state index in [0.717, 1.165) is 31.2 Å². The van der Waals surface area contributed by atoms with Gasteiger partial charge in [0.05, 0.1) is 13.2 Å². The van der Waals surface area contributed by atoms with Crippen molar-refractivity contribution in [1.82, 2.24) is 10.4 Å². The van der Waals surface area contributed by atoms with Gasteiger partial charge < -0.3 is 14.9 Å². The van der Waals surface area contributed by atoms with Crippen molar-refractivity contribution in [3.8, 4) is 0 Å². The number of nitrogens with one attached hydrogen (secondary N) is 1. The number of ether oxygens (including phenoxy) is 1. The van der Waals surface area contributed by atoms with Crippen molar-refractivity contribution in [2.45, 2.75) is 32.1 Å². The summed E-state index contributed by atoms with van der Waals surface area (Å²) in [5.74, 6) is -2.48. The number of methoxy groups -OCH3 is 1. The molecule has 1 aromatic carbocycles. The van der Waals surface area contributed by atoms with E-state index in [2.05, 4.69) is 14.9 Å². The normalized spacial score (nSPS) is 15.2. The van der Waals surface area contributed by atoms with Gasteiger partial charge in [-0.15, -0.1) is 5.06 Å². The first kappa shape index (κ1) is 18.1. The first-order valence-electron chi connectivity index (χ1n) is 7.22. The zero-order valence-corrected chi connectivity index (χ0v) is 13.1. The fourth-order valence-electron chi connectivity index (χ4n) is 2.40. The summed E-state index contributed by atoms with van der Waals surface area (Å²) in [6, 6.07) is 4.35. The van der Waals surface area contributed by atoms with Crippen LogP contribution in [0.1, 0.15) is 29.7 Å². The number of amides is 1. The molecular formula is C15H17F3N2O4. The lowest BCUT2D eigenvalue weighted by atomic mass is 9.96. The van der Waals surface area contributed by atoms with Gasteiger partial charge in [-0.25, -0.2) is 9.59 Å². The number of carbonyl (C=O) groups is 2. The van der Waals surface area contributed by atoms with E-state index in [1.165, 1.54) is 6.92 Å².